The largest absolute Gasteiger partial charge is 0.497 e. The van der Waals surface area contributed by atoms with Crippen molar-refractivity contribution in [2.24, 2.45) is 5.73 Å². The maximum absolute atomic E-state index is 11.7. The van der Waals surface area contributed by atoms with E-state index in [1.54, 1.807) is 49.6 Å². The molecule has 0 saturated carbocycles. The van der Waals surface area contributed by atoms with E-state index in [9.17, 15) is 4.79 Å². The van der Waals surface area contributed by atoms with E-state index in [-0.39, 0.29) is 0 Å². The molecule has 6 heteroatoms. The number of nitrogens with two attached hydrogens (primary N) is 1. The molecule has 1 unspecified atom stereocenters. The molecule has 0 heterocycles. The summed E-state index contributed by atoms with van der Waals surface area (Å²) in [5.41, 5.74) is 6.72. The second-order valence-electron chi connectivity index (χ2n) is 4.37. The first-order valence-corrected chi connectivity index (χ1v) is 6.91. The number of carbonyl (C=O) groups is 1. The average Bonchev–Trinajstić information content (AvgIpc) is 2.48. The maximum Gasteiger partial charge on any atom is 0.244 e. The lowest BCUT2D eigenvalue weighted by Gasteiger charge is -2.18. The second kappa shape index (κ2) is 6.70. The highest BCUT2D eigenvalue weighted by Gasteiger charge is 2.20. The van der Waals surface area contributed by atoms with Gasteiger partial charge in [-0.25, -0.2) is 0 Å². The van der Waals surface area contributed by atoms with E-state index in [1.165, 1.54) is 0 Å². The molecule has 1 atom stereocenters. The Morgan fingerprint density at radius 3 is 2.43 bits per heavy atom. The van der Waals surface area contributed by atoms with Gasteiger partial charge in [0.1, 0.15) is 11.8 Å². The standard InChI is InChI=1S/C15H14Cl2N2O2/c1-21-11-5-3-10(4-6-11)19-14(15(18)20)12-8-9(16)2-7-13(12)17/h2-8,14,19H,1H3,(H2,18,20). The van der Waals surface area contributed by atoms with Crippen LogP contribution in [0.2, 0.25) is 10.0 Å². The fourth-order valence-electron chi connectivity index (χ4n) is 1.89. The van der Waals surface area contributed by atoms with Crippen LogP contribution in [0.1, 0.15) is 11.6 Å². The molecule has 2 aromatic rings. The van der Waals surface area contributed by atoms with Crippen LogP contribution in [0, 0.1) is 0 Å². The summed E-state index contributed by atoms with van der Waals surface area (Å²) in [6.45, 7) is 0. The van der Waals surface area contributed by atoms with Gasteiger partial charge < -0.3 is 15.8 Å². The Balaban J connectivity index is 2.30. The van der Waals surface area contributed by atoms with Gasteiger partial charge in [0.25, 0.3) is 0 Å². The second-order valence-corrected chi connectivity index (χ2v) is 5.22. The van der Waals surface area contributed by atoms with Crippen molar-refractivity contribution in [3.05, 3.63) is 58.1 Å². The summed E-state index contributed by atoms with van der Waals surface area (Å²) in [4.78, 5) is 11.7. The SMILES string of the molecule is COc1ccc(NC(C(N)=O)c2cc(Cl)ccc2Cl)cc1. The van der Waals surface area contributed by atoms with Crippen molar-refractivity contribution in [2.45, 2.75) is 6.04 Å². The molecular weight excluding hydrogens is 311 g/mol. The van der Waals surface area contributed by atoms with E-state index in [1.807, 2.05) is 0 Å². The van der Waals surface area contributed by atoms with Gasteiger partial charge in [-0.05, 0) is 42.5 Å². The van der Waals surface area contributed by atoms with Gasteiger partial charge in [0, 0.05) is 21.3 Å². The molecule has 0 bridgehead atoms. The number of benzene rings is 2. The predicted octanol–water partition coefficient (Wildman–Crippen LogP) is 3.64. The number of ether oxygens (including phenoxy) is 1. The lowest BCUT2D eigenvalue weighted by molar-refractivity contribution is -0.118. The number of primary amides is 1. The van der Waals surface area contributed by atoms with Gasteiger partial charge in [0.05, 0.1) is 7.11 Å². The number of methoxy groups -OCH3 is 1. The Morgan fingerprint density at radius 1 is 1.19 bits per heavy atom. The lowest BCUT2D eigenvalue weighted by atomic mass is 10.1. The number of amides is 1. The zero-order valence-corrected chi connectivity index (χ0v) is 12.8. The molecule has 0 spiro atoms. The highest BCUT2D eigenvalue weighted by Crippen LogP contribution is 2.29. The van der Waals surface area contributed by atoms with E-state index < -0.39 is 11.9 Å². The monoisotopic (exact) mass is 324 g/mol. The molecule has 0 aliphatic carbocycles. The topological polar surface area (TPSA) is 64.3 Å². The van der Waals surface area contributed by atoms with Crippen LogP contribution >= 0.6 is 23.2 Å². The molecular formula is C15H14Cl2N2O2. The zero-order valence-electron chi connectivity index (χ0n) is 11.3. The van der Waals surface area contributed by atoms with Gasteiger partial charge in [-0.2, -0.15) is 0 Å². The van der Waals surface area contributed by atoms with Gasteiger partial charge in [-0.1, -0.05) is 23.2 Å². The van der Waals surface area contributed by atoms with Gasteiger partial charge in [0.2, 0.25) is 5.91 Å². The van der Waals surface area contributed by atoms with Crippen LogP contribution in [0.25, 0.3) is 0 Å². The molecule has 110 valence electrons. The summed E-state index contributed by atoms with van der Waals surface area (Å²) in [5.74, 6) is 0.173. The van der Waals surface area contributed by atoms with Crippen molar-refractivity contribution in [2.75, 3.05) is 12.4 Å². The smallest absolute Gasteiger partial charge is 0.244 e. The molecule has 0 saturated heterocycles. The molecule has 2 aromatic carbocycles. The summed E-state index contributed by atoms with van der Waals surface area (Å²) in [6.07, 6.45) is 0. The first-order valence-electron chi connectivity index (χ1n) is 6.16. The highest BCUT2D eigenvalue weighted by atomic mass is 35.5. The third-order valence-electron chi connectivity index (χ3n) is 2.95. The summed E-state index contributed by atoms with van der Waals surface area (Å²) < 4.78 is 5.08. The minimum Gasteiger partial charge on any atom is -0.497 e. The third kappa shape index (κ3) is 3.80. The highest BCUT2D eigenvalue weighted by molar-refractivity contribution is 6.33. The Bertz CT molecular complexity index is 645. The Morgan fingerprint density at radius 2 is 1.86 bits per heavy atom. The van der Waals surface area contributed by atoms with E-state index >= 15 is 0 Å². The Hall–Kier alpha value is -1.91. The van der Waals surface area contributed by atoms with Crippen LogP contribution in [-0.4, -0.2) is 13.0 Å². The molecule has 1 amide bonds. The fraction of sp³-hybridized carbons (Fsp3) is 0.133. The van der Waals surface area contributed by atoms with Gasteiger partial charge in [0.15, 0.2) is 0 Å². The first-order chi connectivity index (χ1) is 10.0. The van der Waals surface area contributed by atoms with Crippen LogP contribution in [0.15, 0.2) is 42.5 Å². The van der Waals surface area contributed by atoms with E-state index in [0.29, 0.717) is 15.6 Å². The average molecular weight is 325 g/mol. The number of hydrogen-bond acceptors (Lipinski definition) is 3. The van der Waals surface area contributed by atoms with Crippen LogP contribution in [0.4, 0.5) is 5.69 Å². The third-order valence-corrected chi connectivity index (χ3v) is 3.53. The fourth-order valence-corrected chi connectivity index (χ4v) is 2.30. The van der Waals surface area contributed by atoms with E-state index in [4.69, 9.17) is 33.7 Å². The minimum absolute atomic E-state index is 0.421. The van der Waals surface area contributed by atoms with Crippen molar-refractivity contribution in [3.8, 4) is 5.75 Å². The van der Waals surface area contributed by atoms with Crippen LogP contribution in [0.5, 0.6) is 5.75 Å². The summed E-state index contributed by atoms with van der Waals surface area (Å²) in [5, 5.41) is 3.94. The minimum atomic E-state index is -0.774. The normalized spacial score (nSPS) is 11.8. The Kier molecular flexibility index (Phi) is 4.94. The lowest BCUT2D eigenvalue weighted by Crippen LogP contribution is -2.28. The predicted molar refractivity (Wildman–Crippen MR) is 85.0 cm³/mol. The first kappa shape index (κ1) is 15.5. The summed E-state index contributed by atoms with van der Waals surface area (Å²) >= 11 is 12.1. The summed E-state index contributed by atoms with van der Waals surface area (Å²) in [7, 11) is 1.58. The number of carbonyl (C=O) groups excluding carboxylic acids is 1. The van der Waals surface area contributed by atoms with Crippen LogP contribution < -0.4 is 15.8 Å². The molecule has 0 aromatic heterocycles. The number of halogens is 2. The van der Waals surface area contributed by atoms with Gasteiger partial charge in [-0.15, -0.1) is 0 Å². The van der Waals surface area contributed by atoms with Crippen molar-refractivity contribution < 1.29 is 9.53 Å². The molecule has 21 heavy (non-hydrogen) atoms. The number of anilines is 1. The van der Waals surface area contributed by atoms with Crippen LogP contribution in [0.3, 0.4) is 0 Å². The van der Waals surface area contributed by atoms with Gasteiger partial charge >= 0.3 is 0 Å². The Labute approximate surface area is 132 Å². The quantitative estimate of drug-likeness (QED) is 0.882. The number of nitrogens with one attached hydrogen (secondary N) is 1. The zero-order chi connectivity index (χ0) is 15.4. The van der Waals surface area contributed by atoms with E-state index in [0.717, 1.165) is 11.4 Å². The van der Waals surface area contributed by atoms with Crippen molar-refractivity contribution in [3.63, 3.8) is 0 Å². The summed E-state index contributed by atoms with van der Waals surface area (Å²) in [6, 6.07) is 11.3. The molecule has 3 N–H and O–H groups in total. The maximum atomic E-state index is 11.7. The molecule has 0 aliphatic heterocycles. The van der Waals surface area contributed by atoms with E-state index in [2.05, 4.69) is 5.32 Å². The number of rotatable bonds is 5. The molecule has 4 nitrogen and oxygen atoms in total. The van der Waals surface area contributed by atoms with Crippen molar-refractivity contribution >= 4 is 34.8 Å². The van der Waals surface area contributed by atoms with Crippen molar-refractivity contribution in [1.29, 1.82) is 0 Å². The molecule has 0 aliphatic rings. The van der Waals surface area contributed by atoms with Crippen LogP contribution in [-0.2, 0) is 4.79 Å². The van der Waals surface area contributed by atoms with Crippen molar-refractivity contribution in [1.82, 2.24) is 0 Å². The molecule has 0 radical (unpaired) electrons. The number of hydrogen-bond donors (Lipinski definition) is 2. The molecule has 0 fully saturated rings. The van der Waals surface area contributed by atoms with Gasteiger partial charge in [-0.3, -0.25) is 4.79 Å². The molecule has 2 rings (SSSR count).